The first-order valence-electron chi connectivity index (χ1n) is 8.61. The number of hydrogen-bond acceptors (Lipinski definition) is 4. The Bertz CT molecular complexity index is 660. The van der Waals surface area contributed by atoms with E-state index in [1.807, 2.05) is 18.2 Å². The molecule has 1 aliphatic rings. The van der Waals surface area contributed by atoms with Gasteiger partial charge in [-0.1, -0.05) is 49.2 Å². The minimum atomic E-state index is 0.557. The predicted molar refractivity (Wildman–Crippen MR) is 98.6 cm³/mol. The highest BCUT2D eigenvalue weighted by molar-refractivity contribution is 7.98. The van der Waals surface area contributed by atoms with E-state index in [4.69, 9.17) is 4.74 Å². The SMILES string of the molecule is C=CCn1c(SCc2ccc(OC)cc2)nnc1C1CCCCC1. The first-order chi connectivity index (χ1) is 11.8. The molecule has 0 amide bonds. The summed E-state index contributed by atoms with van der Waals surface area (Å²) in [5.41, 5.74) is 1.26. The van der Waals surface area contributed by atoms with Crippen molar-refractivity contribution in [2.75, 3.05) is 7.11 Å². The molecule has 0 atom stereocenters. The number of allylic oxidation sites excluding steroid dienone is 1. The fourth-order valence-electron chi connectivity index (χ4n) is 3.24. The Balaban J connectivity index is 1.71. The van der Waals surface area contributed by atoms with E-state index < -0.39 is 0 Å². The van der Waals surface area contributed by atoms with Crippen molar-refractivity contribution in [1.29, 1.82) is 0 Å². The van der Waals surface area contributed by atoms with Crippen LogP contribution in [0.25, 0.3) is 0 Å². The Morgan fingerprint density at radius 2 is 1.96 bits per heavy atom. The number of methoxy groups -OCH3 is 1. The molecule has 3 rings (SSSR count). The van der Waals surface area contributed by atoms with Crippen LogP contribution in [0.5, 0.6) is 5.75 Å². The van der Waals surface area contributed by atoms with Crippen molar-refractivity contribution in [3.63, 3.8) is 0 Å². The van der Waals surface area contributed by atoms with Crippen LogP contribution in [0.1, 0.15) is 49.4 Å². The molecule has 0 aliphatic heterocycles. The minimum Gasteiger partial charge on any atom is -0.497 e. The Morgan fingerprint density at radius 3 is 2.62 bits per heavy atom. The lowest BCUT2D eigenvalue weighted by molar-refractivity contribution is 0.414. The van der Waals surface area contributed by atoms with Gasteiger partial charge >= 0.3 is 0 Å². The first kappa shape index (κ1) is 17.1. The van der Waals surface area contributed by atoms with Crippen LogP contribution in [0.4, 0.5) is 0 Å². The van der Waals surface area contributed by atoms with Gasteiger partial charge in [0.15, 0.2) is 5.16 Å². The summed E-state index contributed by atoms with van der Waals surface area (Å²) in [5.74, 6) is 3.47. The van der Waals surface area contributed by atoms with Crippen LogP contribution in [0.3, 0.4) is 0 Å². The molecule has 1 saturated carbocycles. The number of aromatic nitrogens is 3. The summed E-state index contributed by atoms with van der Waals surface area (Å²) >= 11 is 1.74. The Labute approximate surface area is 148 Å². The molecule has 1 fully saturated rings. The predicted octanol–water partition coefficient (Wildman–Crippen LogP) is 4.81. The largest absolute Gasteiger partial charge is 0.497 e. The molecule has 2 aromatic rings. The number of hydrogen-bond donors (Lipinski definition) is 0. The van der Waals surface area contributed by atoms with Gasteiger partial charge in [0.05, 0.1) is 7.11 Å². The lowest BCUT2D eigenvalue weighted by Crippen LogP contribution is -2.12. The maximum atomic E-state index is 5.21. The molecule has 128 valence electrons. The van der Waals surface area contributed by atoms with Gasteiger partial charge in [-0.15, -0.1) is 16.8 Å². The fourth-order valence-corrected chi connectivity index (χ4v) is 4.15. The van der Waals surface area contributed by atoms with E-state index in [1.165, 1.54) is 37.7 Å². The van der Waals surface area contributed by atoms with Gasteiger partial charge in [-0.3, -0.25) is 0 Å². The van der Waals surface area contributed by atoms with Crippen molar-refractivity contribution in [3.8, 4) is 5.75 Å². The smallest absolute Gasteiger partial charge is 0.191 e. The third kappa shape index (κ3) is 4.01. The molecule has 4 nitrogen and oxygen atoms in total. The highest BCUT2D eigenvalue weighted by Crippen LogP contribution is 2.33. The summed E-state index contributed by atoms with van der Waals surface area (Å²) in [5, 5.41) is 9.98. The average Bonchev–Trinajstić information content (AvgIpc) is 3.04. The van der Waals surface area contributed by atoms with E-state index in [9.17, 15) is 0 Å². The standard InChI is InChI=1S/C19H25N3OS/c1-3-13-22-18(16-7-5-4-6-8-16)20-21-19(22)24-14-15-9-11-17(23-2)12-10-15/h3,9-12,16H,1,4-8,13-14H2,2H3. The van der Waals surface area contributed by atoms with Gasteiger partial charge in [-0.2, -0.15) is 0 Å². The summed E-state index contributed by atoms with van der Waals surface area (Å²) in [4.78, 5) is 0. The maximum absolute atomic E-state index is 5.21. The zero-order chi connectivity index (χ0) is 16.8. The second-order valence-corrected chi connectivity index (χ2v) is 7.15. The molecule has 0 N–H and O–H groups in total. The molecular formula is C19H25N3OS. The quantitative estimate of drug-likeness (QED) is 0.534. The fraction of sp³-hybridized carbons (Fsp3) is 0.474. The summed E-state index contributed by atoms with van der Waals surface area (Å²) in [6.07, 6.45) is 8.37. The number of benzene rings is 1. The highest BCUT2D eigenvalue weighted by Gasteiger charge is 2.22. The van der Waals surface area contributed by atoms with E-state index in [1.54, 1.807) is 18.9 Å². The van der Waals surface area contributed by atoms with Gasteiger partial charge in [0.2, 0.25) is 0 Å². The van der Waals surface area contributed by atoms with Gasteiger partial charge in [-0.25, -0.2) is 0 Å². The third-order valence-electron chi connectivity index (χ3n) is 4.55. The second kappa shape index (κ2) is 8.38. The van der Waals surface area contributed by atoms with Crippen molar-refractivity contribution < 1.29 is 4.74 Å². The molecule has 24 heavy (non-hydrogen) atoms. The van der Waals surface area contributed by atoms with E-state index in [0.29, 0.717) is 5.92 Å². The molecule has 1 heterocycles. The number of nitrogens with zero attached hydrogens (tertiary/aromatic N) is 3. The van der Waals surface area contributed by atoms with Crippen LogP contribution in [0.15, 0.2) is 42.1 Å². The molecule has 1 aromatic heterocycles. The third-order valence-corrected chi connectivity index (χ3v) is 5.59. The van der Waals surface area contributed by atoms with E-state index in [0.717, 1.165) is 29.0 Å². The van der Waals surface area contributed by atoms with E-state index in [-0.39, 0.29) is 0 Å². The van der Waals surface area contributed by atoms with Crippen molar-refractivity contribution in [2.45, 2.75) is 55.5 Å². The normalized spacial score (nSPS) is 15.4. The monoisotopic (exact) mass is 343 g/mol. The highest BCUT2D eigenvalue weighted by atomic mass is 32.2. The van der Waals surface area contributed by atoms with Crippen molar-refractivity contribution in [1.82, 2.24) is 14.8 Å². The van der Waals surface area contributed by atoms with Crippen molar-refractivity contribution in [3.05, 3.63) is 48.3 Å². The molecule has 0 spiro atoms. The maximum Gasteiger partial charge on any atom is 0.191 e. The van der Waals surface area contributed by atoms with Crippen LogP contribution < -0.4 is 4.74 Å². The zero-order valence-electron chi connectivity index (χ0n) is 14.3. The van der Waals surface area contributed by atoms with Crippen molar-refractivity contribution >= 4 is 11.8 Å². The lowest BCUT2D eigenvalue weighted by Gasteiger charge is -2.21. The Kier molecular flexibility index (Phi) is 5.96. The van der Waals surface area contributed by atoms with Crippen LogP contribution in [-0.4, -0.2) is 21.9 Å². The van der Waals surface area contributed by atoms with Crippen LogP contribution in [0.2, 0.25) is 0 Å². The Hall–Kier alpha value is -1.75. The molecule has 0 radical (unpaired) electrons. The molecule has 1 aromatic carbocycles. The van der Waals surface area contributed by atoms with Gasteiger partial charge in [-0.05, 0) is 30.5 Å². The minimum absolute atomic E-state index is 0.557. The van der Waals surface area contributed by atoms with E-state index in [2.05, 4.69) is 33.5 Å². The van der Waals surface area contributed by atoms with Crippen LogP contribution >= 0.6 is 11.8 Å². The van der Waals surface area contributed by atoms with Gasteiger partial charge < -0.3 is 9.30 Å². The topological polar surface area (TPSA) is 39.9 Å². The van der Waals surface area contributed by atoms with Crippen molar-refractivity contribution in [2.24, 2.45) is 0 Å². The molecular weight excluding hydrogens is 318 g/mol. The number of ether oxygens (including phenoxy) is 1. The molecule has 5 heteroatoms. The summed E-state index contributed by atoms with van der Waals surface area (Å²) < 4.78 is 7.46. The second-order valence-electron chi connectivity index (χ2n) is 6.21. The zero-order valence-corrected chi connectivity index (χ0v) is 15.1. The summed E-state index contributed by atoms with van der Waals surface area (Å²) in [6.45, 7) is 4.68. The molecule has 0 bridgehead atoms. The van der Waals surface area contributed by atoms with E-state index >= 15 is 0 Å². The molecule has 0 unspecified atom stereocenters. The average molecular weight is 343 g/mol. The lowest BCUT2D eigenvalue weighted by atomic mass is 9.89. The number of thioether (sulfide) groups is 1. The Morgan fingerprint density at radius 1 is 1.21 bits per heavy atom. The molecule has 0 saturated heterocycles. The van der Waals surface area contributed by atoms with Gasteiger partial charge in [0.1, 0.15) is 11.6 Å². The van der Waals surface area contributed by atoms with Gasteiger partial charge in [0.25, 0.3) is 0 Å². The summed E-state index contributed by atoms with van der Waals surface area (Å²) in [6, 6.07) is 8.19. The van der Waals surface area contributed by atoms with Gasteiger partial charge in [0, 0.05) is 18.2 Å². The summed E-state index contributed by atoms with van der Waals surface area (Å²) in [7, 11) is 1.69. The molecule has 1 aliphatic carbocycles. The first-order valence-corrected chi connectivity index (χ1v) is 9.60. The van der Waals surface area contributed by atoms with Crippen LogP contribution in [-0.2, 0) is 12.3 Å². The van der Waals surface area contributed by atoms with Crippen LogP contribution in [0, 0.1) is 0 Å². The number of rotatable bonds is 7.